The molecule has 0 saturated carbocycles. The summed E-state index contributed by atoms with van der Waals surface area (Å²) in [6, 6.07) is 0. The van der Waals surface area contributed by atoms with Crippen LogP contribution in [0.4, 0.5) is 0 Å². The van der Waals surface area contributed by atoms with E-state index in [1.165, 1.54) is 12.7 Å². The van der Waals surface area contributed by atoms with Gasteiger partial charge in [0.05, 0.1) is 7.11 Å². The SMILES string of the molecule is COC(=O)C1CC2=C(CCC2)N=C1O. The molecule has 1 aliphatic carbocycles. The Balaban J connectivity index is 2.20. The number of aliphatic hydroxyl groups is 1. The van der Waals surface area contributed by atoms with E-state index in [-0.39, 0.29) is 5.90 Å². The van der Waals surface area contributed by atoms with E-state index >= 15 is 0 Å². The fourth-order valence-corrected chi connectivity index (χ4v) is 2.03. The number of aliphatic hydroxyl groups excluding tert-OH is 1. The molecule has 0 spiro atoms. The van der Waals surface area contributed by atoms with Crippen molar-refractivity contribution in [2.75, 3.05) is 7.11 Å². The molecule has 1 atom stereocenters. The topological polar surface area (TPSA) is 58.9 Å². The van der Waals surface area contributed by atoms with Crippen molar-refractivity contribution >= 4 is 11.9 Å². The third kappa shape index (κ3) is 1.41. The molecule has 1 N–H and O–H groups in total. The second-order valence-electron chi connectivity index (χ2n) is 3.65. The van der Waals surface area contributed by atoms with Gasteiger partial charge in [-0.1, -0.05) is 0 Å². The first-order valence-electron chi connectivity index (χ1n) is 4.78. The van der Waals surface area contributed by atoms with Crippen LogP contribution < -0.4 is 0 Å². The third-order valence-corrected chi connectivity index (χ3v) is 2.80. The number of allylic oxidation sites excluding steroid dienone is 2. The van der Waals surface area contributed by atoms with Gasteiger partial charge in [-0.05, 0) is 31.3 Å². The van der Waals surface area contributed by atoms with Crippen LogP contribution in [0, 0.1) is 5.92 Å². The molecule has 2 rings (SSSR count). The number of esters is 1. The lowest BCUT2D eigenvalue weighted by Gasteiger charge is -2.18. The smallest absolute Gasteiger partial charge is 0.318 e. The number of rotatable bonds is 1. The predicted molar refractivity (Wildman–Crippen MR) is 51.1 cm³/mol. The highest BCUT2D eigenvalue weighted by Crippen LogP contribution is 2.35. The van der Waals surface area contributed by atoms with Gasteiger partial charge in [0.1, 0.15) is 5.92 Å². The first kappa shape index (κ1) is 9.24. The van der Waals surface area contributed by atoms with Gasteiger partial charge in [-0.3, -0.25) is 4.79 Å². The lowest BCUT2D eigenvalue weighted by molar-refractivity contribution is -0.143. The maximum atomic E-state index is 11.3. The van der Waals surface area contributed by atoms with Gasteiger partial charge in [-0.15, -0.1) is 0 Å². The van der Waals surface area contributed by atoms with Gasteiger partial charge in [0, 0.05) is 5.70 Å². The minimum atomic E-state index is -0.572. The predicted octanol–water partition coefficient (Wildman–Crippen LogP) is 1.57. The Morgan fingerprint density at radius 3 is 3.07 bits per heavy atom. The molecule has 0 aromatic heterocycles. The Morgan fingerprint density at radius 1 is 1.57 bits per heavy atom. The van der Waals surface area contributed by atoms with Crippen molar-refractivity contribution in [1.29, 1.82) is 0 Å². The van der Waals surface area contributed by atoms with E-state index in [2.05, 4.69) is 9.73 Å². The number of methoxy groups -OCH3 is 1. The number of aliphatic imine (C=N–C) groups is 1. The summed E-state index contributed by atoms with van der Waals surface area (Å²) in [6.45, 7) is 0. The molecule has 0 aromatic rings. The molecule has 1 unspecified atom stereocenters. The molecular formula is C10H13NO3. The fraction of sp³-hybridized carbons (Fsp3) is 0.600. The zero-order valence-corrected chi connectivity index (χ0v) is 8.12. The lowest BCUT2D eigenvalue weighted by atomic mass is 9.96. The van der Waals surface area contributed by atoms with E-state index in [1.54, 1.807) is 0 Å². The van der Waals surface area contributed by atoms with Crippen LogP contribution in [-0.2, 0) is 9.53 Å². The Morgan fingerprint density at radius 2 is 2.36 bits per heavy atom. The molecule has 1 heterocycles. The van der Waals surface area contributed by atoms with E-state index in [4.69, 9.17) is 0 Å². The molecule has 1 aliphatic heterocycles. The molecule has 14 heavy (non-hydrogen) atoms. The number of hydrogen-bond donors (Lipinski definition) is 1. The molecule has 2 aliphatic rings. The van der Waals surface area contributed by atoms with E-state index < -0.39 is 11.9 Å². The molecule has 0 fully saturated rings. The second kappa shape index (κ2) is 3.44. The summed E-state index contributed by atoms with van der Waals surface area (Å²) in [4.78, 5) is 15.3. The average molecular weight is 195 g/mol. The first-order valence-corrected chi connectivity index (χ1v) is 4.78. The molecule has 4 nitrogen and oxygen atoms in total. The van der Waals surface area contributed by atoms with Crippen molar-refractivity contribution in [3.8, 4) is 0 Å². The molecular weight excluding hydrogens is 182 g/mol. The van der Waals surface area contributed by atoms with Crippen LogP contribution >= 0.6 is 0 Å². The van der Waals surface area contributed by atoms with Crippen LogP contribution in [0.1, 0.15) is 25.7 Å². The molecule has 0 saturated heterocycles. The van der Waals surface area contributed by atoms with Crippen LogP contribution in [0.2, 0.25) is 0 Å². The molecule has 4 heteroatoms. The van der Waals surface area contributed by atoms with Gasteiger partial charge in [-0.25, -0.2) is 4.99 Å². The maximum Gasteiger partial charge on any atom is 0.318 e. The molecule has 0 aromatic carbocycles. The maximum absolute atomic E-state index is 11.3. The number of carbonyl (C=O) groups is 1. The van der Waals surface area contributed by atoms with Gasteiger partial charge in [-0.2, -0.15) is 0 Å². The Hall–Kier alpha value is -1.32. The summed E-state index contributed by atoms with van der Waals surface area (Å²) in [6.07, 6.45) is 3.58. The van der Waals surface area contributed by atoms with Crippen LogP contribution in [0.5, 0.6) is 0 Å². The van der Waals surface area contributed by atoms with E-state index in [0.29, 0.717) is 6.42 Å². The van der Waals surface area contributed by atoms with Crippen molar-refractivity contribution < 1.29 is 14.6 Å². The zero-order valence-electron chi connectivity index (χ0n) is 8.12. The third-order valence-electron chi connectivity index (χ3n) is 2.80. The summed E-state index contributed by atoms with van der Waals surface area (Å²) in [7, 11) is 1.33. The first-order chi connectivity index (χ1) is 6.72. The highest BCUT2D eigenvalue weighted by molar-refractivity contribution is 5.98. The number of nitrogens with zero attached hydrogens (tertiary/aromatic N) is 1. The molecule has 0 bridgehead atoms. The van der Waals surface area contributed by atoms with Crippen LogP contribution in [0.15, 0.2) is 16.3 Å². The minimum absolute atomic E-state index is 0.0856. The van der Waals surface area contributed by atoms with Crippen molar-refractivity contribution in [2.24, 2.45) is 10.9 Å². The lowest BCUT2D eigenvalue weighted by Crippen LogP contribution is -2.27. The van der Waals surface area contributed by atoms with Gasteiger partial charge in [0.2, 0.25) is 5.90 Å². The molecule has 0 amide bonds. The van der Waals surface area contributed by atoms with Crippen LogP contribution in [0.3, 0.4) is 0 Å². The quantitative estimate of drug-likeness (QED) is 0.646. The molecule has 0 radical (unpaired) electrons. The number of hydrogen-bond acceptors (Lipinski definition) is 3. The van der Waals surface area contributed by atoms with Crippen molar-refractivity contribution in [3.63, 3.8) is 0 Å². The summed E-state index contributed by atoms with van der Waals surface area (Å²) >= 11 is 0. The van der Waals surface area contributed by atoms with Gasteiger partial charge >= 0.3 is 5.97 Å². The van der Waals surface area contributed by atoms with E-state index in [9.17, 15) is 9.90 Å². The zero-order chi connectivity index (χ0) is 10.1. The van der Waals surface area contributed by atoms with E-state index in [0.717, 1.165) is 25.0 Å². The van der Waals surface area contributed by atoms with Crippen molar-refractivity contribution in [2.45, 2.75) is 25.7 Å². The van der Waals surface area contributed by atoms with Crippen molar-refractivity contribution in [3.05, 3.63) is 11.3 Å². The molecule has 76 valence electrons. The standard InChI is InChI=1S/C10H13NO3/c1-14-10(13)7-5-6-3-2-4-8(6)11-9(7)12/h7H,2-5H2,1H3,(H,11,12). The number of carbonyl (C=O) groups excluding carboxylic acids is 1. The van der Waals surface area contributed by atoms with Crippen LogP contribution in [0.25, 0.3) is 0 Å². The second-order valence-corrected chi connectivity index (χ2v) is 3.65. The minimum Gasteiger partial charge on any atom is -0.496 e. The largest absolute Gasteiger partial charge is 0.496 e. The van der Waals surface area contributed by atoms with Crippen LogP contribution in [-0.4, -0.2) is 24.1 Å². The Bertz CT molecular complexity index is 330. The highest BCUT2D eigenvalue weighted by atomic mass is 16.5. The Kier molecular flexibility index (Phi) is 2.27. The van der Waals surface area contributed by atoms with E-state index in [1.807, 2.05) is 0 Å². The monoisotopic (exact) mass is 195 g/mol. The summed E-state index contributed by atoms with van der Waals surface area (Å²) in [5, 5.41) is 9.53. The highest BCUT2D eigenvalue weighted by Gasteiger charge is 2.32. The fourth-order valence-electron chi connectivity index (χ4n) is 2.03. The van der Waals surface area contributed by atoms with Gasteiger partial charge in [0.15, 0.2) is 0 Å². The summed E-state index contributed by atoms with van der Waals surface area (Å²) < 4.78 is 4.61. The van der Waals surface area contributed by atoms with Gasteiger partial charge in [0.25, 0.3) is 0 Å². The van der Waals surface area contributed by atoms with Gasteiger partial charge < -0.3 is 9.84 Å². The summed E-state index contributed by atoms with van der Waals surface area (Å²) in [5.41, 5.74) is 2.18. The van der Waals surface area contributed by atoms with Crippen molar-refractivity contribution in [1.82, 2.24) is 0 Å². The summed E-state index contributed by atoms with van der Waals surface area (Å²) in [5.74, 6) is -1.06. The number of ether oxygens (including phenoxy) is 1. The Labute approximate surface area is 82.3 Å². The normalized spacial score (nSPS) is 25.8. The average Bonchev–Trinajstić information content (AvgIpc) is 2.62.